The fourth-order valence-electron chi connectivity index (χ4n) is 5.07. The number of carbonyl (C=O) groups is 1. The first-order chi connectivity index (χ1) is 15.8. The number of rotatable bonds is 6. The maximum Gasteiger partial charge on any atom is 0.254 e. The van der Waals surface area contributed by atoms with Gasteiger partial charge in [-0.2, -0.15) is 0 Å². The van der Waals surface area contributed by atoms with Crippen LogP contribution in [0.25, 0.3) is 10.9 Å². The predicted molar refractivity (Wildman–Crippen MR) is 132 cm³/mol. The van der Waals surface area contributed by atoms with Crippen molar-refractivity contribution in [1.29, 1.82) is 0 Å². The Kier molecular flexibility index (Phi) is 6.95. The summed E-state index contributed by atoms with van der Waals surface area (Å²) in [6.07, 6.45) is 1.74. The number of nitrogens with one attached hydrogen (secondary N) is 3. The molecule has 176 valence electrons. The Bertz CT molecular complexity index is 1240. The summed E-state index contributed by atoms with van der Waals surface area (Å²) in [7, 11) is 0. The van der Waals surface area contributed by atoms with Gasteiger partial charge in [0.05, 0.1) is 5.56 Å². The summed E-state index contributed by atoms with van der Waals surface area (Å²) < 4.78 is 16.8. The van der Waals surface area contributed by atoms with Gasteiger partial charge in [-0.05, 0) is 52.1 Å². The second kappa shape index (κ2) is 9.73. The van der Waals surface area contributed by atoms with E-state index in [1.165, 1.54) is 11.8 Å². The molecule has 0 bridgehead atoms. The van der Waals surface area contributed by atoms with Crippen molar-refractivity contribution in [3.63, 3.8) is 0 Å². The molecule has 3 aromatic rings. The average Bonchev–Trinajstić information content (AvgIpc) is 3.09. The van der Waals surface area contributed by atoms with E-state index in [1.807, 2.05) is 57.4 Å². The number of alkyl halides is 1. The van der Waals surface area contributed by atoms with Crippen LogP contribution in [0.15, 0.2) is 40.0 Å². The molecule has 2 aromatic heterocycles. The molecule has 2 unspecified atom stereocenters. The van der Waals surface area contributed by atoms with Crippen molar-refractivity contribution in [2.75, 3.05) is 19.3 Å². The number of aromatic amines is 1. The van der Waals surface area contributed by atoms with Crippen LogP contribution in [0.4, 0.5) is 4.39 Å². The normalized spacial score (nSPS) is 19.5. The fraction of sp³-hybridized carbons (Fsp3) is 0.440. The highest BCUT2D eigenvalue weighted by molar-refractivity contribution is 7.98. The quantitative estimate of drug-likeness (QED) is 0.474. The van der Waals surface area contributed by atoms with Crippen molar-refractivity contribution >= 4 is 28.6 Å². The highest BCUT2D eigenvalue weighted by Crippen LogP contribution is 2.35. The number of benzene rings is 1. The molecule has 8 heteroatoms. The van der Waals surface area contributed by atoms with Crippen LogP contribution in [0.3, 0.4) is 0 Å². The number of pyridine rings is 1. The number of H-pyrrole nitrogens is 1. The molecule has 1 aromatic carbocycles. The number of nitrogens with zero attached hydrogens (tertiary/aromatic N) is 1. The molecule has 3 heterocycles. The summed E-state index contributed by atoms with van der Waals surface area (Å²) in [5.41, 5.74) is 3.47. The van der Waals surface area contributed by atoms with Crippen LogP contribution < -0.4 is 16.2 Å². The van der Waals surface area contributed by atoms with Gasteiger partial charge in [-0.1, -0.05) is 18.2 Å². The van der Waals surface area contributed by atoms with Gasteiger partial charge in [-0.15, -0.1) is 11.8 Å². The van der Waals surface area contributed by atoms with E-state index in [0.29, 0.717) is 17.7 Å². The Hall–Kier alpha value is -2.58. The molecule has 3 atom stereocenters. The largest absolute Gasteiger partial charge is 0.348 e. The smallest absolute Gasteiger partial charge is 0.254 e. The van der Waals surface area contributed by atoms with E-state index in [-0.39, 0.29) is 30.0 Å². The van der Waals surface area contributed by atoms with E-state index in [9.17, 15) is 14.0 Å². The van der Waals surface area contributed by atoms with Crippen LogP contribution >= 0.6 is 11.8 Å². The molecular weight excluding hydrogens is 439 g/mol. The fourth-order valence-corrected chi connectivity index (χ4v) is 5.78. The van der Waals surface area contributed by atoms with Gasteiger partial charge < -0.3 is 20.2 Å². The van der Waals surface area contributed by atoms with Gasteiger partial charge >= 0.3 is 0 Å². The third-order valence-corrected chi connectivity index (χ3v) is 7.55. The molecule has 4 rings (SSSR count). The number of aryl methyl sites for hydroxylation is 1. The molecule has 1 saturated heterocycles. The molecular formula is C25H31FN4O2S. The van der Waals surface area contributed by atoms with E-state index < -0.39 is 6.17 Å². The number of hydrogen-bond acceptors (Lipinski definition) is 4. The number of thioether (sulfide) groups is 1. The van der Waals surface area contributed by atoms with Crippen molar-refractivity contribution in [1.82, 2.24) is 20.2 Å². The summed E-state index contributed by atoms with van der Waals surface area (Å²) in [4.78, 5) is 29.5. The zero-order valence-corrected chi connectivity index (χ0v) is 20.3. The Morgan fingerprint density at radius 3 is 2.82 bits per heavy atom. The molecule has 0 spiro atoms. The summed E-state index contributed by atoms with van der Waals surface area (Å²) in [5, 5.41) is 6.91. The number of amides is 1. The van der Waals surface area contributed by atoms with E-state index in [2.05, 4.69) is 20.2 Å². The number of piperidine rings is 1. The van der Waals surface area contributed by atoms with Gasteiger partial charge in [0.2, 0.25) is 0 Å². The zero-order chi connectivity index (χ0) is 23.7. The highest BCUT2D eigenvalue weighted by Gasteiger charge is 2.33. The lowest BCUT2D eigenvalue weighted by atomic mass is 9.89. The van der Waals surface area contributed by atoms with Gasteiger partial charge in [0, 0.05) is 57.8 Å². The van der Waals surface area contributed by atoms with Gasteiger partial charge in [0.25, 0.3) is 11.5 Å². The first kappa shape index (κ1) is 23.6. The lowest BCUT2D eigenvalue weighted by Crippen LogP contribution is -2.41. The minimum atomic E-state index is -0.926. The maximum atomic E-state index is 14.7. The number of para-hydroxylation sites is 1. The summed E-state index contributed by atoms with van der Waals surface area (Å²) >= 11 is 1.48. The standard InChI is InChI=1S/C25H31FN4O2S/c1-14-11-22(33-4)19(24(31)29-14)12-28-25(32)23-16(3)30(21-8-6-5-7-18(21)23)15(2)17-9-10-27-13-20(17)26/h5-8,11,15,17,20,27H,9-10,12-13H2,1-4H3,(H,28,32)(H,29,31)/t15?,17?,20-/m1/s1. The SMILES string of the molecule is CSc1cc(C)[nH]c(=O)c1CNC(=O)c1c(C)n(C(C)C2CCNC[C@H]2F)c2ccccc12. The van der Waals surface area contributed by atoms with Crippen LogP contribution in [-0.2, 0) is 6.54 Å². The predicted octanol–water partition coefficient (Wildman–Crippen LogP) is 4.11. The Balaban J connectivity index is 1.68. The molecule has 0 radical (unpaired) electrons. The van der Waals surface area contributed by atoms with Crippen LogP contribution in [0.2, 0.25) is 0 Å². The van der Waals surface area contributed by atoms with Crippen LogP contribution in [-0.4, -0.2) is 41.0 Å². The van der Waals surface area contributed by atoms with Crippen molar-refractivity contribution in [2.45, 2.75) is 50.8 Å². The van der Waals surface area contributed by atoms with Crippen molar-refractivity contribution in [2.24, 2.45) is 5.92 Å². The summed E-state index contributed by atoms with van der Waals surface area (Å²) in [6.45, 7) is 7.10. The number of hydrogen-bond donors (Lipinski definition) is 3. The molecule has 1 fully saturated rings. The van der Waals surface area contributed by atoms with E-state index in [4.69, 9.17) is 0 Å². The van der Waals surface area contributed by atoms with Crippen molar-refractivity contribution in [3.05, 3.63) is 63.2 Å². The Morgan fingerprint density at radius 1 is 1.33 bits per heavy atom. The molecule has 1 aliphatic heterocycles. The number of halogens is 1. The second-order valence-electron chi connectivity index (χ2n) is 8.77. The minimum Gasteiger partial charge on any atom is -0.348 e. The molecule has 0 aliphatic carbocycles. The molecule has 1 amide bonds. The molecule has 6 nitrogen and oxygen atoms in total. The maximum absolute atomic E-state index is 14.7. The minimum absolute atomic E-state index is 0.0865. The van der Waals surface area contributed by atoms with Crippen LogP contribution in [0.5, 0.6) is 0 Å². The number of aromatic nitrogens is 2. The molecule has 3 N–H and O–H groups in total. The third kappa shape index (κ3) is 4.46. The van der Waals surface area contributed by atoms with E-state index >= 15 is 0 Å². The number of fused-ring (bicyclic) bond motifs is 1. The lowest BCUT2D eigenvalue weighted by Gasteiger charge is -2.33. The second-order valence-corrected chi connectivity index (χ2v) is 9.62. The molecule has 0 saturated carbocycles. The highest BCUT2D eigenvalue weighted by atomic mass is 32.2. The van der Waals surface area contributed by atoms with Gasteiger partial charge in [-0.3, -0.25) is 9.59 Å². The molecule has 33 heavy (non-hydrogen) atoms. The zero-order valence-electron chi connectivity index (χ0n) is 19.5. The Labute approximate surface area is 197 Å². The van der Waals surface area contributed by atoms with Crippen molar-refractivity contribution < 1.29 is 9.18 Å². The van der Waals surface area contributed by atoms with Crippen LogP contribution in [0, 0.1) is 19.8 Å². The topological polar surface area (TPSA) is 78.9 Å². The van der Waals surface area contributed by atoms with Gasteiger partial charge in [0.1, 0.15) is 6.17 Å². The first-order valence-electron chi connectivity index (χ1n) is 11.3. The van der Waals surface area contributed by atoms with Crippen LogP contribution in [0.1, 0.15) is 46.7 Å². The van der Waals surface area contributed by atoms with E-state index in [1.54, 1.807) is 0 Å². The lowest BCUT2D eigenvalue weighted by molar-refractivity contribution is 0.0950. The van der Waals surface area contributed by atoms with Gasteiger partial charge in [-0.25, -0.2) is 4.39 Å². The van der Waals surface area contributed by atoms with E-state index in [0.717, 1.165) is 40.2 Å². The van der Waals surface area contributed by atoms with Gasteiger partial charge in [0.15, 0.2) is 0 Å². The Morgan fingerprint density at radius 2 is 2.09 bits per heavy atom. The summed E-state index contributed by atoms with van der Waals surface area (Å²) in [5.74, 6) is -0.351. The average molecular weight is 471 g/mol. The monoisotopic (exact) mass is 470 g/mol. The number of carbonyl (C=O) groups excluding carboxylic acids is 1. The third-order valence-electron chi connectivity index (χ3n) is 6.74. The first-order valence-corrected chi connectivity index (χ1v) is 12.5. The van der Waals surface area contributed by atoms with Crippen molar-refractivity contribution in [3.8, 4) is 0 Å². The summed E-state index contributed by atoms with van der Waals surface area (Å²) in [6, 6.07) is 9.60. The molecule has 1 aliphatic rings.